The molecule has 4 heteroatoms. The quantitative estimate of drug-likeness (QED) is 0.201. The van der Waals surface area contributed by atoms with Gasteiger partial charge in [-0.15, -0.1) is 0 Å². The van der Waals surface area contributed by atoms with E-state index < -0.39 is 16.6 Å². The number of para-hydroxylation sites is 1. The van der Waals surface area contributed by atoms with E-state index in [2.05, 4.69) is 119 Å². The molecule has 3 nitrogen and oxygen atoms in total. The Hall–Kier alpha value is -3.86. The molecule has 2 atom stereocenters. The van der Waals surface area contributed by atoms with Crippen LogP contribution in [0.15, 0.2) is 107 Å². The Morgan fingerprint density at radius 3 is 2.12 bits per heavy atom. The Morgan fingerprint density at radius 1 is 0.683 bits per heavy atom. The summed E-state index contributed by atoms with van der Waals surface area (Å²) in [5.41, 5.74) is 11.0. The van der Waals surface area contributed by atoms with E-state index in [-0.39, 0.29) is 12.9 Å². The van der Waals surface area contributed by atoms with E-state index in [1.807, 2.05) is 6.07 Å². The standard InChI is InChI=1S/C37H31BO3/c1-35(2)36(3,4)41-38(40-35)30-18-11-15-24-22-12-5-8-16-27(22)37(33(24)30)28-17-9-6-14-26(28)32-29(37)21-20-25-23-13-7-10-19-31(23)39-34(25)32/h5-17,19-21,30H,18H2,1-4H3. The predicted molar refractivity (Wildman–Crippen MR) is 166 cm³/mol. The lowest BCUT2D eigenvalue weighted by atomic mass is 9.55. The summed E-state index contributed by atoms with van der Waals surface area (Å²) < 4.78 is 20.3. The van der Waals surface area contributed by atoms with Gasteiger partial charge in [0.2, 0.25) is 0 Å². The van der Waals surface area contributed by atoms with Gasteiger partial charge >= 0.3 is 7.12 Å². The summed E-state index contributed by atoms with van der Waals surface area (Å²) in [5.74, 6) is 0.0637. The minimum atomic E-state index is -0.454. The molecule has 9 rings (SSSR count). The third-order valence-electron chi connectivity index (χ3n) is 10.5. The van der Waals surface area contributed by atoms with Crippen molar-refractivity contribution < 1.29 is 13.7 Å². The first-order chi connectivity index (χ1) is 19.8. The third-order valence-corrected chi connectivity index (χ3v) is 10.5. The van der Waals surface area contributed by atoms with Gasteiger partial charge in [0, 0.05) is 22.2 Å². The maximum absolute atomic E-state index is 6.79. The second-order valence-electron chi connectivity index (χ2n) is 13.0. The summed E-state index contributed by atoms with van der Waals surface area (Å²) in [6.45, 7) is 8.61. The van der Waals surface area contributed by atoms with Crippen LogP contribution in [-0.2, 0) is 14.7 Å². The van der Waals surface area contributed by atoms with Crippen molar-refractivity contribution in [1.29, 1.82) is 0 Å². The molecule has 5 aromatic rings. The number of benzene rings is 4. The molecule has 0 amide bonds. The van der Waals surface area contributed by atoms with Gasteiger partial charge in [0.05, 0.1) is 16.6 Å². The molecule has 0 bridgehead atoms. The van der Waals surface area contributed by atoms with Crippen LogP contribution in [0, 0.1) is 0 Å². The Balaban J connectivity index is 1.39. The van der Waals surface area contributed by atoms with Gasteiger partial charge in [0.25, 0.3) is 0 Å². The fourth-order valence-electron chi connectivity index (χ4n) is 8.07. The van der Waals surface area contributed by atoms with Crippen molar-refractivity contribution in [3.05, 3.63) is 125 Å². The van der Waals surface area contributed by atoms with Crippen LogP contribution in [-0.4, -0.2) is 18.3 Å². The van der Waals surface area contributed by atoms with Crippen molar-refractivity contribution in [2.75, 3.05) is 0 Å². The van der Waals surface area contributed by atoms with E-state index >= 15 is 0 Å². The molecule has 41 heavy (non-hydrogen) atoms. The highest BCUT2D eigenvalue weighted by molar-refractivity contribution is 6.49. The van der Waals surface area contributed by atoms with Crippen molar-refractivity contribution in [2.24, 2.45) is 0 Å². The second-order valence-corrected chi connectivity index (χ2v) is 13.0. The van der Waals surface area contributed by atoms with E-state index in [1.165, 1.54) is 44.5 Å². The molecule has 4 aromatic carbocycles. The molecule has 1 aromatic heterocycles. The average Bonchev–Trinajstić information content (AvgIpc) is 3.65. The molecule has 3 aliphatic carbocycles. The normalized spacial score (nSPS) is 24.8. The molecule has 0 radical (unpaired) electrons. The first kappa shape index (κ1) is 23.8. The van der Waals surface area contributed by atoms with Crippen LogP contribution in [0.2, 0.25) is 5.82 Å². The number of hydrogen-bond donors (Lipinski definition) is 0. The van der Waals surface area contributed by atoms with Crippen LogP contribution < -0.4 is 0 Å². The zero-order valence-electron chi connectivity index (χ0n) is 23.8. The number of fused-ring (bicyclic) bond motifs is 13. The highest BCUT2D eigenvalue weighted by Gasteiger charge is 2.61. The van der Waals surface area contributed by atoms with Crippen molar-refractivity contribution in [3.63, 3.8) is 0 Å². The van der Waals surface area contributed by atoms with Gasteiger partial charge in [-0.05, 0) is 79.1 Å². The van der Waals surface area contributed by atoms with Crippen LogP contribution >= 0.6 is 0 Å². The van der Waals surface area contributed by atoms with Gasteiger partial charge in [0.1, 0.15) is 11.2 Å². The topological polar surface area (TPSA) is 31.6 Å². The monoisotopic (exact) mass is 534 g/mol. The fourth-order valence-corrected chi connectivity index (χ4v) is 8.07. The van der Waals surface area contributed by atoms with Crippen LogP contribution in [0.4, 0.5) is 0 Å². The number of hydrogen-bond acceptors (Lipinski definition) is 3. The highest BCUT2D eigenvalue weighted by Crippen LogP contribution is 2.67. The molecular weight excluding hydrogens is 503 g/mol. The fraction of sp³-hybridized carbons (Fsp3) is 0.243. The first-order valence-corrected chi connectivity index (χ1v) is 14.7. The molecule has 2 unspecified atom stereocenters. The van der Waals surface area contributed by atoms with E-state index in [1.54, 1.807) is 0 Å². The minimum Gasteiger partial charge on any atom is -0.455 e. The molecular formula is C37H31BO3. The number of allylic oxidation sites excluding steroid dienone is 4. The summed E-state index contributed by atoms with van der Waals surface area (Å²) in [5, 5.41) is 2.32. The summed E-state index contributed by atoms with van der Waals surface area (Å²) in [4.78, 5) is 0. The molecule has 1 saturated heterocycles. The van der Waals surface area contributed by atoms with E-state index in [0.29, 0.717) is 0 Å². The van der Waals surface area contributed by atoms with Gasteiger partial charge in [0.15, 0.2) is 0 Å². The molecule has 1 spiro atoms. The van der Waals surface area contributed by atoms with Gasteiger partial charge < -0.3 is 13.7 Å². The van der Waals surface area contributed by atoms with Crippen LogP contribution in [0.1, 0.15) is 56.4 Å². The maximum atomic E-state index is 6.79. The minimum absolute atomic E-state index is 0.0637. The summed E-state index contributed by atoms with van der Waals surface area (Å²) in [6.07, 6.45) is 5.52. The zero-order chi connectivity index (χ0) is 27.7. The molecule has 200 valence electrons. The second kappa shape index (κ2) is 7.70. The molecule has 4 aliphatic rings. The van der Waals surface area contributed by atoms with Crippen molar-refractivity contribution >= 4 is 34.6 Å². The van der Waals surface area contributed by atoms with Crippen molar-refractivity contribution in [3.8, 4) is 11.1 Å². The lowest BCUT2D eigenvalue weighted by Gasteiger charge is -2.38. The molecule has 0 saturated carbocycles. The predicted octanol–water partition coefficient (Wildman–Crippen LogP) is 9.09. The van der Waals surface area contributed by atoms with Gasteiger partial charge in [-0.25, -0.2) is 0 Å². The van der Waals surface area contributed by atoms with Gasteiger partial charge in [-0.1, -0.05) is 91.0 Å². The number of rotatable bonds is 1. The molecule has 1 aliphatic heterocycles. The van der Waals surface area contributed by atoms with E-state index in [9.17, 15) is 0 Å². The summed E-state index contributed by atoms with van der Waals surface area (Å²) in [6, 6.07) is 30.9. The maximum Gasteiger partial charge on any atom is 0.465 e. The Labute approximate surface area is 240 Å². The van der Waals surface area contributed by atoms with Gasteiger partial charge in [-0.3, -0.25) is 0 Å². The summed E-state index contributed by atoms with van der Waals surface area (Å²) in [7, 11) is -0.340. The lowest BCUT2D eigenvalue weighted by Crippen LogP contribution is -2.41. The smallest absolute Gasteiger partial charge is 0.455 e. The Kier molecular flexibility index (Phi) is 4.47. The molecule has 1 fully saturated rings. The number of furan rings is 1. The van der Waals surface area contributed by atoms with Crippen molar-refractivity contribution in [1.82, 2.24) is 0 Å². The van der Waals surface area contributed by atoms with Crippen LogP contribution in [0.5, 0.6) is 0 Å². The summed E-state index contributed by atoms with van der Waals surface area (Å²) >= 11 is 0. The van der Waals surface area contributed by atoms with Gasteiger partial charge in [-0.2, -0.15) is 0 Å². The van der Waals surface area contributed by atoms with E-state index in [4.69, 9.17) is 13.7 Å². The Morgan fingerprint density at radius 2 is 1.34 bits per heavy atom. The van der Waals surface area contributed by atoms with Crippen LogP contribution in [0.25, 0.3) is 38.6 Å². The van der Waals surface area contributed by atoms with Crippen molar-refractivity contribution in [2.45, 2.75) is 56.6 Å². The zero-order valence-corrected chi connectivity index (χ0v) is 23.8. The first-order valence-electron chi connectivity index (χ1n) is 14.7. The average molecular weight is 534 g/mol. The van der Waals surface area contributed by atoms with E-state index in [0.717, 1.165) is 28.4 Å². The SMILES string of the molecule is CC1(C)OB(C2CC=CC3=C2C2(c4ccccc43)c3ccccc3-c3c2ccc2c3oc3ccccc32)OC1(C)C. The molecule has 2 heterocycles. The molecule has 0 N–H and O–H groups in total. The third kappa shape index (κ3) is 2.78. The van der Waals surface area contributed by atoms with Crippen LogP contribution in [0.3, 0.4) is 0 Å². The largest absolute Gasteiger partial charge is 0.465 e. The Bertz CT molecular complexity index is 1990. The highest BCUT2D eigenvalue weighted by atomic mass is 16.7. The lowest BCUT2D eigenvalue weighted by molar-refractivity contribution is 0.00578.